The monoisotopic (exact) mass is 440 g/mol. The van der Waals surface area contributed by atoms with Crippen LogP contribution in [0.3, 0.4) is 0 Å². The molecule has 8 atom stereocenters. The van der Waals surface area contributed by atoms with Crippen LogP contribution in [0.2, 0.25) is 0 Å². The highest BCUT2D eigenvalue weighted by molar-refractivity contribution is 5.37. The van der Waals surface area contributed by atoms with Crippen molar-refractivity contribution in [2.45, 2.75) is 112 Å². The van der Waals surface area contributed by atoms with Gasteiger partial charge < -0.3 is 10.2 Å². The molecule has 2 heteroatoms. The normalized spacial score (nSPS) is 48.4. The Bertz CT molecular complexity index is 845. The Kier molecular flexibility index (Phi) is 5.74. The molecule has 4 rings (SSSR count). The van der Waals surface area contributed by atoms with E-state index in [0.29, 0.717) is 11.8 Å². The highest BCUT2D eigenvalue weighted by atomic mass is 16.3. The summed E-state index contributed by atoms with van der Waals surface area (Å²) in [6, 6.07) is 0. The van der Waals surface area contributed by atoms with E-state index in [4.69, 9.17) is 0 Å². The van der Waals surface area contributed by atoms with E-state index in [1.807, 2.05) is 0 Å². The minimum Gasteiger partial charge on any atom is -0.393 e. The highest BCUT2D eigenvalue weighted by Gasteiger charge is 2.69. The van der Waals surface area contributed by atoms with Gasteiger partial charge in [0.2, 0.25) is 0 Å². The number of allylic oxidation sites excluding steroid dienone is 5. The van der Waals surface area contributed by atoms with Crippen LogP contribution in [0.1, 0.15) is 100 Å². The van der Waals surface area contributed by atoms with E-state index < -0.39 is 5.60 Å². The summed E-state index contributed by atoms with van der Waals surface area (Å²) in [5.41, 5.74) is 2.33. The van der Waals surface area contributed by atoms with Crippen molar-refractivity contribution in [3.05, 3.63) is 35.5 Å². The molecule has 0 spiro atoms. The molecule has 0 aromatic carbocycles. The predicted octanol–water partition coefficient (Wildman–Crippen LogP) is 7.23. The molecule has 4 aliphatic rings. The van der Waals surface area contributed by atoms with Crippen LogP contribution in [0.5, 0.6) is 0 Å². The molecular formula is C30H48O2. The highest BCUT2D eigenvalue weighted by Crippen LogP contribution is 2.72. The molecule has 3 fully saturated rings. The Morgan fingerprint density at radius 1 is 1.03 bits per heavy atom. The van der Waals surface area contributed by atoms with E-state index in [2.05, 4.69) is 79.7 Å². The fourth-order valence-corrected chi connectivity index (χ4v) is 8.90. The third kappa shape index (κ3) is 3.04. The lowest BCUT2D eigenvalue weighted by Crippen LogP contribution is -2.67. The molecule has 2 nitrogen and oxygen atoms in total. The molecule has 0 aromatic rings. The predicted molar refractivity (Wildman–Crippen MR) is 134 cm³/mol. The molecule has 32 heavy (non-hydrogen) atoms. The summed E-state index contributed by atoms with van der Waals surface area (Å²) in [7, 11) is 0. The molecule has 0 aliphatic heterocycles. The minimum atomic E-state index is -0.648. The second-order valence-electron chi connectivity index (χ2n) is 13.4. The molecule has 0 saturated heterocycles. The molecule has 8 unspecified atom stereocenters. The van der Waals surface area contributed by atoms with Gasteiger partial charge in [-0.25, -0.2) is 0 Å². The van der Waals surface area contributed by atoms with Crippen LogP contribution in [0.25, 0.3) is 0 Å². The summed E-state index contributed by atoms with van der Waals surface area (Å²) in [6.45, 7) is 18.5. The van der Waals surface area contributed by atoms with Gasteiger partial charge in [0.05, 0.1) is 11.7 Å². The number of fused-ring (bicyclic) bond motifs is 5. The van der Waals surface area contributed by atoms with Gasteiger partial charge in [-0.1, -0.05) is 77.0 Å². The summed E-state index contributed by atoms with van der Waals surface area (Å²) >= 11 is 0. The van der Waals surface area contributed by atoms with Crippen molar-refractivity contribution >= 4 is 0 Å². The smallest absolute Gasteiger partial charge is 0.0769 e. The fraction of sp³-hybridized carbons (Fsp3) is 0.800. The second-order valence-corrected chi connectivity index (χ2v) is 13.4. The Morgan fingerprint density at radius 2 is 1.72 bits per heavy atom. The van der Waals surface area contributed by atoms with Crippen molar-refractivity contribution in [2.24, 2.45) is 39.4 Å². The van der Waals surface area contributed by atoms with Crippen molar-refractivity contribution in [3.63, 3.8) is 0 Å². The zero-order valence-corrected chi connectivity index (χ0v) is 22.0. The largest absolute Gasteiger partial charge is 0.393 e. The third-order valence-electron chi connectivity index (χ3n) is 11.6. The van der Waals surface area contributed by atoms with Crippen LogP contribution in [0.15, 0.2) is 35.5 Å². The standard InChI is InChI=1S/C30H48O2/c1-20(2)10-9-11-21(3)27(6)16-14-22-23-12-13-24-26(4,5)25(31)15-17-29(24,8)30(23,32)19-18-28(22,27)7/h9-11,14,21,23-25,31-32H,12-13,15-19H2,1-8H3. The van der Waals surface area contributed by atoms with Gasteiger partial charge in [0.25, 0.3) is 0 Å². The zero-order chi connectivity index (χ0) is 23.7. The molecule has 2 N–H and O–H groups in total. The molecule has 3 saturated carbocycles. The Hall–Kier alpha value is -0.860. The van der Waals surface area contributed by atoms with Gasteiger partial charge in [-0.15, -0.1) is 0 Å². The van der Waals surface area contributed by atoms with E-state index in [-0.39, 0.29) is 33.7 Å². The second kappa shape index (κ2) is 7.57. The van der Waals surface area contributed by atoms with E-state index in [9.17, 15) is 10.2 Å². The summed E-state index contributed by atoms with van der Waals surface area (Å²) in [5, 5.41) is 23.3. The first kappa shape index (κ1) is 24.3. The molecule has 0 bridgehead atoms. The zero-order valence-electron chi connectivity index (χ0n) is 22.0. The van der Waals surface area contributed by atoms with Crippen molar-refractivity contribution < 1.29 is 10.2 Å². The average Bonchev–Trinajstić information content (AvgIpc) is 2.98. The number of hydrogen-bond acceptors (Lipinski definition) is 2. The Balaban J connectivity index is 1.67. The van der Waals surface area contributed by atoms with Crippen molar-refractivity contribution in [1.82, 2.24) is 0 Å². The third-order valence-corrected chi connectivity index (χ3v) is 11.6. The molecule has 0 aromatic heterocycles. The quantitative estimate of drug-likeness (QED) is 0.359. The van der Waals surface area contributed by atoms with Crippen LogP contribution in [0.4, 0.5) is 0 Å². The summed E-state index contributed by atoms with van der Waals surface area (Å²) in [4.78, 5) is 0. The van der Waals surface area contributed by atoms with Crippen molar-refractivity contribution in [1.29, 1.82) is 0 Å². The van der Waals surface area contributed by atoms with Gasteiger partial charge >= 0.3 is 0 Å². The average molecular weight is 441 g/mol. The van der Waals surface area contributed by atoms with Gasteiger partial charge in [0.15, 0.2) is 0 Å². The van der Waals surface area contributed by atoms with Gasteiger partial charge in [-0.3, -0.25) is 0 Å². The lowest BCUT2D eigenvalue weighted by molar-refractivity contribution is -0.242. The maximum absolute atomic E-state index is 12.5. The molecule has 4 aliphatic carbocycles. The number of rotatable bonds is 3. The summed E-state index contributed by atoms with van der Waals surface area (Å²) in [6.07, 6.45) is 16.1. The molecule has 0 amide bonds. The van der Waals surface area contributed by atoms with Crippen molar-refractivity contribution in [2.75, 3.05) is 0 Å². The minimum absolute atomic E-state index is 0.116. The molecular weight excluding hydrogens is 392 g/mol. The van der Waals surface area contributed by atoms with Gasteiger partial charge in [0, 0.05) is 11.3 Å². The number of hydrogen-bond donors (Lipinski definition) is 2. The molecule has 180 valence electrons. The summed E-state index contributed by atoms with van der Waals surface area (Å²) in [5.74, 6) is 1.13. The number of aliphatic hydroxyl groups is 2. The first-order valence-corrected chi connectivity index (χ1v) is 13.2. The van der Waals surface area contributed by atoms with E-state index in [0.717, 1.165) is 44.9 Å². The Morgan fingerprint density at radius 3 is 2.38 bits per heavy atom. The van der Waals surface area contributed by atoms with Crippen LogP contribution in [-0.2, 0) is 0 Å². The van der Waals surface area contributed by atoms with Crippen LogP contribution in [0, 0.1) is 39.4 Å². The maximum atomic E-state index is 12.5. The van der Waals surface area contributed by atoms with Crippen LogP contribution < -0.4 is 0 Å². The Labute approximate surface area is 197 Å². The van der Waals surface area contributed by atoms with E-state index in [1.54, 1.807) is 5.57 Å². The molecule has 0 heterocycles. The lowest BCUT2D eigenvalue weighted by Gasteiger charge is -2.68. The SMILES string of the molecule is CC(C)=CC=CC(C)C1(C)CC=C2C3CCC4C(C)(C)C(O)CCC4(C)C3(O)CCC21C. The van der Waals surface area contributed by atoms with Gasteiger partial charge in [-0.2, -0.15) is 0 Å². The first-order valence-electron chi connectivity index (χ1n) is 13.2. The number of aliphatic hydroxyl groups excluding tert-OH is 1. The van der Waals surface area contributed by atoms with Gasteiger partial charge in [0.1, 0.15) is 0 Å². The molecule has 0 radical (unpaired) electrons. The topological polar surface area (TPSA) is 40.5 Å². The maximum Gasteiger partial charge on any atom is 0.0769 e. The van der Waals surface area contributed by atoms with E-state index >= 15 is 0 Å². The van der Waals surface area contributed by atoms with Crippen molar-refractivity contribution in [3.8, 4) is 0 Å². The van der Waals surface area contributed by atoms with Gasteiger partial charge in [-0.05, 0) is 86.9 Å². The van der Waals surface area contributed by atoms with Crippen LogP contribution in [-0.4, -0.2) is 21.9 Å². The lowest BCUT2D eigenvalue weighted by atomic mass is 9.39. The van der Waals surface area contributed by atoms with Crippen LogP contribution >= 0.6 is 0 Å². The first-order chi connectivity index (χ1) is 14.7. The van der Waals surface area contributed by atoms with E-state index in [1.165, 1.54) is 5.57 Å². The summed E-state index contributed by atoms with van der Waals surface area (Å²) < 4.78 is 0. The fourth-order valence-electron chi connectivity index (χ4n) is 8.90.